The van der Waals surface area contributed by atoms with Gasteiger partial charge in [0, 0.05) is 23.9 Å². The molecule has 0 bridgehead atoms. The van der Waals surface area contributed by atoms with Crippen LogP contribution in [0.2, 0.25) is 0 Å². The third-order valence-corrected chi connectivity index (χ3v) is 3.31. The summed E-state index contributed by atoms with van der Waals surface area (Å²) in [5.74, 6) is -0.234. The van der Waals surface area contributed by atoms with E-state index in [1.807, 2.05) is 0 Å². The summed E-state index contributed by atoms with van der Waals surface area (Å²) in [6.45, 7) is 1.70. The Labute approximate surface area is 137 Å². The van der Waals surface area contributed by atoms with Crippen molar-refractivity contribution in [1.29, 1.82) is 0 Å². The summed E-state index contributed by atoms with van der Waals surface area (Å²) in [5.41, 5.74) is 6.89. The fourth-order valence-corrected chi connectivity index (χ4v) is 2.10. The number of Topliss-reactive ketones (excluding diaryl/α,β-unsaturated/α-hetero) is 1. The number of carbonyl (C=O) groups is 2. The Morgan fingerprint density at radius 1 is 1.17 bits per heavy atom. The van der Waals surface area contributed by atoms with Crippen LogP contribution in [0.3, 0.4) is 0 Å². The molecule has 0 heterocycles. The summed E-state index contributed by atoms with van der Waals surface area (Å²) in [5, 5.41) is 16.6. The number of rotatable bonds is 6. The molecule has 0 saturated carbocycles. The highest BCUT2D eigenvalue weighted by molar-refractivity contribution is 5.95. The minimum absolute atomic E-state index is 0.158. The van der Waals surface area contributed by atoms with Crippen LogP contribution in [0.25, 0.3) is 0 Å². The molecule has 2 aromatic rings. The van der Waals surface area contributed by atoms with Gasteiger partial charge in [0.15, 0.2) is 5.78 Å². The van der Waals surface area contributed by atoms with Crippen molar-refractivity contribution in [3.8, 4) is 0 Å². The van der Waals surface area contributed by atoms with Crippen molar-refractivity contribution in [2.75, 3.05) is 10.6 Å². The van der Waals surface area contributed by atoms with Crippen molar-refractivity contribution in [1.82, 2.24) is 0 Å². The first kappa shape index (κ1) is 16.9. The molecule has 2 aromatic carbocycles. The van der Waals surface area contributed by atoms with Crippen LogP contribution in [0.1, 0.15) is 22.8 Å². The fraction of sp³-hybridized carbons (Fsp3) is 0.125. The van der Waals surface area contributed by atoms with Crippen LogP contribution >= 0.6 is 0 Å². The van der Waals surface area contributed by atoms with E-state index in [1.54, 1.807) is 24.3 Å². The number of nitro groups is 1. The van der Waals surface area contributed by atoms with Gasteiger partial charge in [-0.1, -0.05) is 12.1 Å². The summed E-state index contributed by atoms with van der Waals surface area (Å²) in [6, 6.07) is 10.5. The Bertz CT molecular complexity index is 787. The van der Waals surface area contributed by atoms with Crippen LogP contribution in [-0.2, 0) is 6.54 Å². The number of nitrogens with zero attached hydrogens (tertiary/aromatic N) is 1. The molecule has 0 unspecified atom stereocenters. The zero-order valence-corrected chi connectivity index (χ0v) is 12.9. The number of anilines is 2. The maximum atomic E-state index is 11.3. The van der Waals surface area contributed by atoms with Gasteiger partial charge in [-0.05, 0) is 36.8 Å². The van der Waals surface area contributed by atoms with Crippen molar-refractivity contribution in [3.05, 3.63) is 63.7 Å². The molecule has 0 aliphatic rings. The number of hydrogen-bond donors (Lipinski definition) is 3. The largest absolute Gasteiger partial charge is 0.375 e. The van der Waals surface area contributed by atoms with Crippen LogP contribution in [-0.4, -0.2) is 16.7 Å². The number of hydrogen-bond acceptors (Lipinski definition) is 5. The Morgan fingerprint density at radius 2 is 1.83 bits per heavy atom. The fourth-order valence-electron chi connectivity index (χ4n) is 2.10. The quantitative estimate of drug-likeness (QED) is 0.427. The second-order valence-corrected chi connectivity index (χ2v) is 5.08. The van der Waals surface area contributed by atoms with Crippen molar-refractivity contribution >= 4 is 28.9 Å². The molecule has 0 radical (unpaired) electrons. The van der Waals surface area contributed by atoms with Crippen LogP contribution < -0.4 is 16.4 Å². The van der Waals surface area contributed by atoms with Gasteiger partial charge >= 0.3 is 6.03 Å². The first-order valence-corrected chi connectivity index (χ1v) is 7.05. The number of ketones is 1. The summed E-state index contributed by atoms with van der Waals surface area (Å²) < 4.78 is 0. The van der Waals surface area contributed by atoms with Crippen LogP contribution in [0.5, 0.6) is 0 Å². The Balaban J connectivity index is 2.12. The molecule has 0 aromatic heterocycles. The van der Waals surface area contributed by atoms with E-state index >= 15 is 0 Å². The standard InChI is InChI=1S/C16H16N4O4/c1-10(21)12-4-7-14(15(8-12)20(23)24)18-9-11-2-5-13(6-3-11)19-16(17)22/h2-8,18H,9H2,1H3,(H3,17,19,22). The number of benzene rings is 2. The Kier molecular flexibility index (Phi) is 5.10. The van der Waals surface area contributed by atoms with Crippen molar-refractivity contribution in [3.63, 3.8) is 0 Å². The zero-order chi connectivity index (χ0) is 17.7. The molecular weight excluding hydrogens is 312 g/mol. The second-order valence-electron chi connectivity index (χ2n) is 5.08. The minimum Gasteiger partial charge on any atom is -0.375 e. The van der Waals surface area contributed by atoms with Crippen molar-refractivity contribution in [2.24, 2.45) is 5.73 Å². The van der Waals surface area contributed by atoms with Crippen LogP contribution in [0.4, 0.5) is 21.9 Å². The average molecular weight is 328 g/mol. The molecular formula is C16H16N4O4. The molecule has 0 spiro atoms. The molecule has 24 heavy (non-hydrogen) atoms. The normalized spacial score (nSPS) is 10.0. The highest BCUT2D eigenvalue weighted by Crippen LogP contribution is 2.26. The summed E-state index contributed by atoms with van der Waals surface area (Å²) >= 11 is 0. The van der Waals surface area contributed by atoms with E-state index in [0.717, 1.165) is 5.56 Å². The Hall–Kier alpha value is -3.42. The van der Waals surface area contributed by atoms with E-state index in [0.29, 0.717) is 17.9 Å². The van der Waals surface area contributed by atoms with Gasteiger partial charge < -0.3 is 16.4 Å². The molecule has 4 N–H and O–H groups in total. The van der Waals surface area contributed by atoms with Gasteiger partial charge in [0.1, 0.15) is 5.69 Å². The third kappa shape index (κ3) is 4.29. The predicted octanol–water partition coefficient (Wildman–Crippen LogP) is 2.90. The molecule has 2 amide bonds. The van der Waals surface area contributed by atoms with Gasteiger partial charge in [-0.25, -0.2) is 4.79 Å². The van der Waals surface area contributed by atoms with Crippen LogP contribution in [0, 0.1) is 10.1 Å². The number of urea groups is 1. The molecule has 0 saturated heterocycles. The molecule has 124 valence electrons. The van der Waals surface area contributed by atoms with Gasteiger partial charge in [0.25, 0.3) is 5.69 Å². The third-order valence-electron chi connectivity index (χ3n) is 3.31. The Morgan fingerprint density at radius 3 is 2.38 bits per heavy atom. The molecule has 0 atom stereocenters. The average Bonchev–Trinajstić information content (AvgIpc) is 2.53. The smallest absolute Gasteiger partial charge is 0.316 e. The maximum absolute atomic E-state index is 11.3. The SMILES string of the molecule is CC(=O)c1ccc(NCc2ccc(NC(N)=O)cc2)c([N+](=O)[O-])c1. The van der Waals surface area contributed by atoms with Gasteiger partial charge in [-0.3, -0.25) is 14.9 Å². The van der Waals surface area contributed by atoms with E-state index in [-0.39, 0.29) is 17.0 Å². The monoisotopic (exact) mass is 328 g/mol. The molecule has 8 heteroatoms. The zero-order valence-electron chi connectivity index (χ0n) is 12.9. The van der Waals surface area contributed by atoms with E-state index < -0.39 is 11.0 Å². The van der Waals surface area contributed by atoms with Gasteiger partial charge in [0.05, 0.1) is 4.92 Å². The number of primary amides is 1. The molecule has 8 nitrogen and oxygen atoms in total. The van der Waals surface area contributed by atoms with Gasteiger partial charge in [-0.15, -0.1) is 0 Å². The van der Waals surface area contributed by atoms with E-state index in [9.17, 15) is 19.7 Å². The van der Waals surface area contributed by atoms with Crippen LogP contribution in [0.15, 0.2) is 42.5 Å². The van der Waals surface area contributed by atoms with Gasteiger partial charge in [-0.2, -0.15) is 0 Å². The van der Waals surface area contributed by atoms with E-state index in [2.05, 4.69) is 10.6 Å². The molecule has 0 aliphatic heterocycles. The maximum Gasteiger partial charge on any atom is 0.316 e. The number of amides is 2. The summed E-state index contributed by atoms with van der Waals surface area (Å²) in [4.78, 5) is 32.7. The minimum atomic E-state index is -0.651. The van der Waals surface area contributed by atoms with Crippen molar-refractivity contribution in [2.45, 2.75) is 13.5 Å². The topological polar surface area (TPSA) is 127 Å². The lowest BCUT2D eigenvalue weighted by atomic mass is 10.1. The summed E-state index contributed by atoms with van der Waals surface area (Å²) in [6.07, 6.45) is 0. The van der Waals surface area contributed by atoms with Crippen molar-refractivity contribution < 1.29 is 14.5 Å². The highest BCUT2D eigenvalue weighted by atomic mass is 16.6. The lowest BCUT2D eigenvalue weighted by molar-refractivity contribution is -0.384. The lowest BCUT2D eigenvalue weighted by Gasteiger charge is -2.09. The summed E-state index contributed by atoms with van der Waals surface area (Å²) in [7, 11) is 0. The van der Waals surface area contributed by atoms with Gasteiger partial charge in [0.2, 0.25) is 0 Å². The second kappa shape index (κ2) is 7.23. The molecule has 2 rings (SSSR count). The van der Waals surface area contributed by atoms with E-state index in [4.69, 9.17) is 5.73 Å². The number of nitrogens with two attached hydrogens (primary N) is 1. The highest BCUT2D eigenvalue weighted by Gasteiger charge is 2.15. The van der Waals surface area contributed by atoms with E-state index in [1.165, 1.54) is 25.1 Å². The molecule has 0 aliphatic carbocycles. The first-order chi connectivity index (χ1) is 11.4. The number of carbonyl (C=O) groups excluding carboxylic acids is 2. The number of nitrogens with one attached hydrogen (secondary N) is 2. The first-order valence-electron chi connectivity index (χ1n) is 7.05. The predicted molar refractivity (Wildman–Crippen MR) is 90.1 cm³/mol. The number of nitro benzene ring substituents is 1. The molecule has 0 fully saturated rings. The lowest BCUT2D eigenvalue weighted by Crippen LogP contribution is -2.19.